The number of carbonyl (C=O) groups is 1. The minimum absolute atomic E-state index is 0.0103. The molecule has 4 atom stereocenters. The number of nitrogens with two attached hydrogens (primary N) is 1. The summed E-state index contributed by atoms with van der Waals surface area (Å²) in [7, 11) is 0. The Bertz CT molecular complexity index is 472. The lowest BCUT2D eigenvalue weighted by Crippen LogP contribution is -2.40. The van der Waals surface area contributed by atoms with Crippen molar-refractivity contribution in [3.8, 4) is 0 Å². The van der Waals surface area contributed by atoms with Crippen LogP contribution in [-0.4, -0.2) is 12.0 Å². The lowest BCUT2D eigenvalue weighted by Gasteiger charge is -2.26. The monoisotopic (exact) mass is 323 g/mol. The number of halogens is 1. The number of rotatable bonds is 3. The van der Waals surface area contributed by atoms with E-state index >= 15 is 0 Å². The Morgan fingerprint density at radius 3 is 2.58 bits per heavy atom. The van der Waals surface area contributed by atoms with Crippen molar-refractivity contribution in [1.82, 2.24) is 0 Å². The third-order valence-corrected chi connectivity index (χ3v) is 5.08. The Kier molecular flexibility index (Phi) is 3.63. The Balaban J connectivity index is 1.58. The average Bonchev–Trinajstić information content (AvgIpc) is 2.98. The quantitative estimate of drug-likeness (QED) is 0.870. The van der Waals surface area contributed by atoms with Gasteiger partial charge in [0.2, 0.25) is 0 Å². The highest BCUT2D eigenvalue weighted by atomic mass is 79.9. The van der Waals surface area contributed by atoms with Crippen molar-refractivity contribution >= 4 is 21.9 Å². The highest BCUT2D eigenvalue weighted by molar-refractivity contribution is 9.10. The Labute approximate surface area is 121 Å². The summed E-state index contributed by atoms with van der Waals surface area (Å²) in [6, 6.07) is 7.82. The molecule has 0 amide bonds. The number of esters is 1. The van der Waals surface area contributed by atoms with E-state index in [-0.39, 0.29) is 17.9 Å². The van der Waals surface area contributed by atoms with Gasteiger partial charge >= 0.3 is 5.97 Å². The molecule has 2 bridgehead atoms. The van der Waals surface area contributed by atoms with Gasteiger partial charge in [0.15, 0.2) is 0 Å². The minimum atomic E-state index is -0.109. The summed E-state index contributed by atoms with van der Waals surface area (Å²) in [5, 5.41) is 0. The number of hydrogen-bond donors (Lipinski definition) is 1. The van der Waals surface area contributed by atoms with Crippen LogP contribution in [0, 0.1) is 17.8 Å². The van der Waals surface area contributed by atoms with Crippen LogP contribution in [0.5, 0.6) is 0 Å². The molecule has 0 radical (unpaired) electrons. The van der Waals surface area contributed by atoms with Gasteiger partial charge in [-0.15, -0.1) is 0 Å². The van der Waals surface area contributed by atoms with E-state index in [4.69, 9.17) is 10.5 Å². The second-order valence-electron chi connectivity index (χ2n) is 5.67. The van der Waals surface area contributed by atoms with Crippen molar-refractivity contribution in [2.24, 2.45) is 23.5 Å². The van der Waals surface area contributed by atoms with Gasteiger partial charge in [0.1, 0.15) is 6.61 Å². The van der Waals surface area contributed by atoms with Gasteiger partial charge < -0.3 is 10.5 Å². The number of carbonyl (C=O) groups excluding carboxylic acids is 1. The van der Waals surface area contributed by atoms with Crippen LogP contribution < -0.4 is 5.73 Å². The van der Waals surface area contributed by atoms with Crippen LogP contribution >= 0.6 is 15.9 Å². The largest absolute Gasteiger partial charge is 0.461 e. The fraction of sp³-hybridized carbons (Fsp3) is 0.533. The molecule has 0 spiro atoms. The van der Waals surface area contributed by atoms with Crippen molar-refractivity contribution in [2.45, 2.75) is 31.9 Å². The molecule has 2 aliphatic rings. The number of benzene rings is 1. The first-order chi connectivity index (χ1) is 9.15. The van der Waals surface area contributed by atoms with Crippen LogP contribution in [0.3, 0.4) is 0 Å². The maximum atomic E-state index is 12.2. The van der Waals surface area contributed by atoms with Crippen LogP contribution in [0.2, 0.25) is 0 Å². The summed E-state index contributed by atoms with van der Waals surface area (Å²) >= 11 is 3.38. The van der Waals surface area contributed by atoms with E-state index in [1.165, 1.54) is 6.42 Å². The van der Waals surface area contributed by atoms with E-state index in [2.05, 4.69) is 15.9 Å². The highest BCUT2D eigenvalue weighted by Gasteiger charge is 2.49. The number of fused-ring (bicyclic) bond motifs is 2. The molecular weight excluding hydrogens is 306 g/mol. The second-order valence-corrected chi connectivity index (χ2v) is 6.59. The fourth-order valence-electron chi connectivity index (χ4n) is 3.52. The first-order valence-corrected chi connectivity index (χ1v) is 7.61. The van der Waals surface area contributed by atoms with Crippen molar-refractivity contribution in [2.75, 3.05) is 0 Å². The molecule has 4 unspecified atom stereocenters. The molecule has 0 saturated heterocycles. The molecule has 102 valence electrons. The first kappa shape index (κ1) is 13.1. The zero-order chi connectivity index (χ0) is 13.4. The second kappa shape index (κ2) is 5.25. The smallest absolute Gasteiger partial charge is 0.311 e. The van der Waals surface area contributed by atoms with E-state index in [1.807, 2.05) is 24.3 Å². The lowest BCUT2D eigenvalue weighted by molar-refractivity contribution is -0.152. The molecule has 1 aromatic rings. The Morgan fingerprint density at radius 1 is 1.26 bits per heavy atom. The van der Waals surface area contributed by atoms with E-state index in [0.29, 0.717) is 18.4 Å². The molecule has 0 heterocycles. The molecule has 2 fully saturated rings. The van der Waals surface area contributed by atoms with Gasteiger partial charge in [0.05, 0.1) is 5.92 Å². The first-order valence-electron chi connectivity index (χ1n) is 6.82. The van der Waals surface area contributed by atoms with E-state index in [1.54, 1.807) is 0 Å². The molecular formula is C15H18BrNO2. The van der Waals surface area contributed by atoms with Crippen molar-refractivity contribution in [1.29, 1.82) is 0 Å². The molecule has 2 N–H and O–H groups in total. The van der Waals surface area contributed by atoms with Gasteiger partial charge in [-0.25, -0.2) is 0 Å². The lowest BCUT2D eigenvalue weighted by atomic mass is 9.85. The summed E-state index contributed by atoms with van der Waals surface area (Å²) in [6.07, 6.45) is 3.43. The van der Waals surface area contributed by atoms with Gasteiger partial charge in [-0.2, -0.15) is 0 Å². The Hall–Kier alpha value is -0.870. The zero-order valence-electron chi connectivity index (χ0n) is 10.7. The van der Waals surface area contributed by atoms with Gasteiger partial charge in [-0.1, -0.05) is 28.1 Å². The van der Waals surface area contributed by atoms with Crippen LogP contribution in [0.1, 0.15) is 24.8 Å². The molecule has 0 aliphatic heterocycles. The summed E-state index contributed by atoms with van der Waals surface area (Å²) < 4.78 is 6.47. The van der Waals surface area contributed by atoms with Gasteiger partial charge in [-0.3, -0.25) is 4.79 Å². The molecule has 1 aromatic carbocycles. The molecule has 3 nitrogen and oxygen atoms in total. The van der Waals surface area contributed by atoms with Crippen LogP contribution in [0.25, 0.3) is 0 Å². The van der Waals surface area contributed by atoms with Crippen LogP contribution in [0.15, 0.2) is 28.7 Å². The summed E-state index contributed by atoms with van der Waals surface area (Å²) in [6.45, 7) is 0.340. The standard InChI is InChI=1S/C15H18BrNO2/c16-12-5-1-9(2-6-12)8-19-15(18)13-10-3-4-11(7-10)14(13)17/h1-2,5-6,10-11,13-14H,3-4,7-8,17H2. The number of ether oxygens (including phenoxy) is 1. The molecule has 19 heavy (non-hydrogen) atoms. The number of hydrogen-bond acceptors (Lipinski definition) is 3. The minimum Gasteiger partial charge on any atom is -0.461 e. The summed E-state index contributed by atoms with van der Waals surface area (Å²) in [5.74, 6) is 0.810. The highest BCUT2D eigenvalue weighted by Crippen LogP contribution is 2.48. The van der Waals surface area contributed by atoms with Crippen LogP contribution in [-0.2, 0) is 16.1 Å². The summed E-state index contributed by atoms with van der Waals surface area (Å²) in [4.78, 5) is 12.2. The third kappa shape index (κ3) is 2.56. The SMILES string of the molecule is NC1C2CCC(C2)C1C(=O)OCc1ccc(Br)cc1. The third-order valence-electron chi connectivity index (χ3n) is 4.55. The molecule has 3 rings (SSSR count). The molecule has 2 saturated carbocycles. The average molecular weight is 324 g/mol. The van der Waals surface area contributed by atoms with Crippen LogP contribution in [0.4, 0.5) is 0 Å². The maximum absolute atomic E-state index is 12.2. The molecule has 4 heteroatoms. The molecule has 0 aromatic heterocycles. The van der Waals surface area contributed by atoms with Gasteiger partial charge in [0, 0.05) is 10.5 Å². The topological polar surface area (TPSA) is 52.3 Å². The fourth-order valence-corrected chi connectivity index (χ4v) is 3.78. The zero-order valence-corrected chi connectivity index (χ0v) is 12.3. The van der Waals surface area contributed by atoms with Crippen molar-refractivity contribution < 1.29 is 9.53 Å². The van der Waals surface area contributed by atoms with E-state index < -0.39 is 0 Å². The van der Waals surface area contributed by atoms with E-state index in [9.17, 15) is 4.79 Å². The predicted molar refractivity (Wildman–Crippen MR) is 76.2 cm³/mol. The Morgan fingerprint density at radius 2 is 1.95 bits per heavy atom. The predicted octanol–water partition coefficient (Wildman–Crippen LogP) is 2.87. The van der Waals surface area contributed by atoms with E-state index in [0.717, 1.165) is 22.9 Å². The summed E-state index contributed by atoms with van der Waals surface area (Å²) in [5.41, 5.74) is 7.15. The van der Waals surface area contributed by atoms with Crippen molar-refractivity contribution in [3.63, 3.8) is 0 Å². The van der Waals surface area contributed by atoms with Gasteiger partial charge in [0.25, 0.3) is 0 Å². The normalized spacial score (nSPS) is 32.5. The van der Waals surface area contributed by atoms with Crippen molar-refractivity contribution in [3.05, 3.63) is 34.3 Å². The maximum Gasteiger partial charge on any atom is 0.311 e. The van der Waals surface area contributed by atoms with Gasteiger partial charge in [-0.05, 0) is 48.8 Å². The molecule has 2 aliphatic carbocycles.